The Balaban J connectivity index is 1.30. The highest BCUT2D eigenvalue weighted by Gasteiger charge is 2.50. The third-order valence-electron chi connectivity index (χ3n) is 6.82. The summed E-state index contributed by atoms with van der Waals surface area (Å²) in [6.07, 6.45) is 11.8. The van der Waals surface area contributed by atoms with Gasteiger partial charge in [0.15, 0.2) is 5.82 Å². The van der Waals surface area contributed by atoms with Crippen LogP contribution in [0.15, 0.2) is 30.6 Å². The Morgan fingerprint density at radius 3 is 2.50 bits per heavy atom. The predicted octanol–water partition coefficient (Wildman–Crippen LogP) is 3.52. The van der Waals surface area contributed by atoms with Crippen LogP contribution in [0.4, 0.5) is 0 Å². The van der Waals surface area contributed by atoms with Crippen molar-refractivity contribution in [1.29, 1.82) is 0 Å². The molecule has 0 radical (unpaired) electrons. The number of nitrogens with one attached hydrogen (secondary N) is 1. The van der Waals surface area contributed by atoms with Gasteiger partial charge in [0, 0.05) is 18.9 Å². The van der Waals surface area contributed by atoms with E-state index in [1.165, 1.54) is 38.5 Å². The first-order chi connectivity index (χ1) is 12.6. The summed E-state index contributed by atoms with van der Waals surface area (Å²) in [7, 11) is 0. The average molecular weight is 350 g/mol. The standard InChI is InChI=1S/C21H26N4O/c1-14-18(12-25(24-14)19-4-2-3-5-22-19)20(26)23-13-21-9-15-6-16(10-21)8-17(7-15)11-21/h2-5,12,15-17H,6-11,13H2,1H3,(H,23,26). The van der Waals surface area contributed by atoms with Crippen molar-refractivity contribution in [2.24, 2.45) is 23.2 Å². The van der Waals surface area contributed by atoms with E-state index < -0.39 is 0 Å². The first-order valence-electron chi connectivity index (χ1n) is 9.86. The van der Waals surface area contributed by atoms with Crippen LogP contribution < -0.4 is 5.32 Å². The number of rotatable bonds is 4. The lowest BCUT2D eigenvalue weighted by Crippen LogP contribution is -2.51. The van der Waals surface area contributed by atoms with Crippen molar-refractivity contribution in [3.05, 3.63) is 41.9 Å². The average Bonchev–Trinajstić information content (AvgIpc) is 3.01. The minimum absolute atomic E-state index is 0.000395. The molecule has 4 bridgehead atoms. The summed E-state index contributed by atoms with van der Waals surface area (Å²) in [6.45, 7) is 2.71. The highest BCUT2D eigenvalue weighted by molar-refractivity contribution is 5.95. The number of carbonyl (C=O) groups is 1. The van der Waals surface area contributed by atoms with Crippen LogP contribution in [0.1, 0.15) is 54.6 Å². The Morgan fingerprint density at radius 1 is 1.19 bits per heavy atom. The lowest BCUT2D eigenvalue weighted by molar-refractivity contribution is -0.0503. The second-order valence-corrected chi connectivity index (χ2v) is 8.86. The van der Waals surface area contributed by atoms with E-state index in [0.717, 1.165) is 35.8 Å². The zero-order chi connectivity index (χ0) is 17.7. The van der Waals surface area contributed by atoms with Crippen LogP contribution >= 0.6 is 0 Å². The molecule has 136 valence electrons. The summed E-state index contributed by atoms with van der Waals surface area (Å²) in [5.74, 6) is 3.46. The van der Waals surface area contributed by atoms with Gasteiger partial charge in [-0.15, -0.1) is 0 Å². The molecule has 1 N–H and O–H groups in total. The Kier molecular flexibility index (Phi) is 3.66. The summed E-state index contributed by atoms with van der Waals surface area (Å²) < 4.78 is 1.69. The zero-order valence-corrected chi connectivity index (χ0v) is 15.3. The molecular formula is C21H26N4O. The van der Waals surface area contributed by atoms with Gasteiger partial charge >= 0.3 is 0 Å². The molecule has 0 aliphatic heterocycles. The van der Waals surface area contributed by atoms with Crippen molar-refractivity contribution < 1.29 is 4.79 Å². The molecule has 5 heteroatoms. The number of aryl methyl sites for hydroxylation is 1. The topological polar surface area (TPSA) is 59.8 Å². The van der Waals surface area contributed by atoms with Gasteiger partial charge in [-0.3, -0.25) is 4.79 Å². The quantitative estimate of drug-likeness (QED) is 0.918. The zero-order valence-electron chi connectivity index (χ0n) is 15.3. The van der Waals surface area contributed by atoms with Gasteiger partial charge in [0.2, 0.25) is 0 Å². The van der Waals surface area contributed by atoms with E-state index in [-0.39, 0.29) is 5.91 Å². The molecule has 0 unspecified atom stereocenters. The van der Waals surface area contributed by atoms with Crippen LogP contribution in [-0.2, 0) is 0 Å². The largest absolute Gasteiger partial charge is 0.351 e. The van der Waals surface area contributed by atoms with E-state index in [1.54, 1.807) is 17.1 Å². The first-order valence-corrected chi connectivity index (χ1v) is 9.86. The van der Waals surface area contributed by atoms with E-state index in [2.05, 4.69) is 15.4 Å². The number of hydrogen-bond donors (Lipinski definition) is 1. The lowest BCUT2D eigenvalue weighted by Gasteiger charge is -2.56. The van der Waals surface area contributed by atoms with E-state index in [9.17, 15) is 4.79 Å². The van der Waals surface area contributed by atoms with Crippen LogP contribution in [0, 0.1) is 30.1 Å². The summed E-state index contributed by atoms with van der Waals surface area (Å²) in [6, 6.07) is 5.69. The van der Waals surface area contributed by atoms with Gasteiger partial charge in [0.1, 0.15) is 0 Å². The Hall–Kier alpha value is -2.17. The maximum Gasteiger partial charge on any atom is 0.254 e. The third-order valence-corrected chi connectivity index (χ3v) is 6.82. The van der Waals surface area contributed by atoms with Crippen molar-refractivity contribution >= 4 is 5.91 Å². The molecule has 26 heavy (non-hydrogen) atoms. The van der Waals surface area contributed by atoms with Crippen LogP contribution in [0.5, 0.6) is 0 Å². The predicted molar refractivity (Wildman–Crippen MR) is 99.0 cm³/mol. The molecule has 6 rings (SSSR count). The number of hydrogen-bond acceptors (Lipinski definition) is 3. The third kappa shape index (κ3) is 2.74. The summed E-state index contributed by atoms with van der Waals surface area (Å²) in [5.41, 5.74) is 1.76. The fourth-order valence-electron chi connectivity index (χ4n) is 6.16. The summed E-state index contributed by atoms with van der Waals surface area (Å²) in [4.78, 5) is 17.1. The fourth-order valence-corrected chi connectivity index (χ4v) is 6.16. The van der Waals surface area contributed by atoms with Gasteiger partial charge < -0.3 is 5.32 Å². The molecule has 5 nitrogen and oxygen atoms in total. The fraction of sp³-hybridized carbons (Fsp3) is 0.571. The number of carbonyl (C=O) groups excluding carboxylic acids is 1. The monoisotopic (exact) mass is 350 g/mol. The highest BCUT2D eigenvalue weighted by Crippen LogP contribution is 2.59. The minimum Gasteiger partial charge on any atom is -0.351 e. The molecule has 0 atom stereocenters. The normalized spacial score (nSPS) is 32.0. The molecule has 0 aromatic carbocycles. The van der Waals surface area contributed by atoms with Gasteiger partial charge in [-0.1, -0.05) is 6.07 Å². The van der Waals surface area contributed by atoms with Crippen molar-refractivity contribution in [2.75, 3.05) is 6.54 Å². The molecule has 2 aromatic heterocycles. The first kappa shape index (κ1) is 16.0. The van der Waals surface area contributed by atoms with Gasteiger partial charge in [0.05, 0.1) is 11.3 Å². The molecule has 4 saturated carbocycles. The van der Waals surface area contributed by atoms with Crippen molar-refractivity contribution in [2.45, 2.75) is 45.4 Å². The molecule has 1 amide bonds. The molecule has 4 aliphatic carbocycles. The van der Waals surface area contributed by atoms with Crippen molar-refractivity contribution in [3.8, 4) is 5.82 Å². The number of aromatic nitrogens is 3. The van der Waals surface area contributed by atoms with E-state index in [0.29, 0.717) is 11.0 Å². The van der Waals surface area contributed by atoms with Gasteiger partial charge in [-0.2, -0.15) is 5.10 Å². The Morgan fingerprint density at radius 2 is 1.88 bits per heavy atom. The molecule has 0 saturated heterocycles. The maximum atomic E-state index is 12.8. The number of amides is 1. The van der Waals surface area contributed by atoms with E-state index >= 15 is 0 Å². The second kappa shape index (κ2) is 5.93. The Labute approximate surface area is 154 Å². The maximum absolute atomic E-state index is 12.8. The van der Waals surface area contributed by atoms with Gasteiger partial charge in [-0.25, -0.2) is 9.67 Å². The minimum atomic E-state index is 0.000395. The van der Waals surface area contributed by atoms with Crippen molar-refractivity contribution in [1.82, 2.24) is 20.1 Å². The van der Waals surface area contributed by atoms with E-state index in [1.807, 2.05) is 25.1 Å². The molecule has 0 spiro atoms. The second-order valence-electron chi connectivity index (χ2n) is 8.86. The van der Waals surface area contributed by atoms with Crippen LogP contribution in [-0.4, -0.2) is 27.2 Å². The number of nitrogens with zero attached hydrogens (tertiary/aromatic N) is 3. The smallest absolute Gasteiger partial charge is 0.254 e. The summed E-state index contributed by atoms with van der Waals surface area (Å²) in [5, 5.41) is 7.72. The van der Waals surface area contributed by atoms with E-state index in [4.69, 9.17) is 0 Å². The Bertz CT molecular complexity index is 791. The van der Waals surface area contributed by atoms with Crippen LogP contribution in [0.3, 0.4) is 0 Å². The highest BCUT2D eigenvalue weighted by atomic mass is 16.1. The molecule has 4 fully saturated rings. The van der Waals surface area contributed by atoms with Crippen LogP contribution in [0.2, 0.25) is 0 Å². The van der Waals surface area contributed by atoms with Gasteiger partial charge in [-0.05, 0) is 80.8 Å². The van der Waals surface area contributed by atoms with Crippen molar-refractivity contribution in [3.63, 3.8) is 0 Å². The summed E-state index contributed by atoms with van der Waals surface area (Å²) >= 11 is 0. The SMILES string of the molecule is Cc1nn(-c2ccccn2)cc1C(=O)NCC12CC3CC(CC(C3)C1)C2. The molecule has 4 aliphatic rings. The lowest BCUT2D eigenvalue weighted by atomic mass is 9.49. The molecule has 2 aromatic rings. The molecular weight excluding hydrogens is 324 g/mol. The molecule has 2 heterocycles. The van der Waals surface area contributed by atoms with Crippen LogP contribution in [0.25, 0.3) is 5.82 Å². The van der Waals surface area contributed by atoms with Gasteiger partial charge in [0.25, 0.3) is 5.91 Å². The number of pyridine rings is 1.